The van der Waals surface area contributed by atoms with Gasteiger partial charge in [-0.05, 0) is 37.4 Å². The van der Waals surface area contributed by atoms with Crippen LogP contribution in [0.4, 0.5) is 0 Å². The van der Waals surface area contributed by atoms with Gasteiger partial charge in [-0.2, -0.15) is 0 Å². The number of nitrogens with one attached hydrogen (secondary N) is 1. The maximum Gasteiger partial charge on any atom is 0.332 e. The van der Waals surface area contributed by atoms with Gasteiger partial charge in [0.15, 0.2) is 6.04 Å². The molecule has 7 nitrogen and oxygen atoms in total. The van der Waals surface area contributed by atoms with E-state index < -0.39 is 12.0 Å². The second-order valence-corrected chi connectivity index (χ2v) is 7.31. The number of fused-ring (bicyclic) bond motifs is 1. The van der Waals surface area contributed by atoms with Gasteiger partial charge in [-0.15, -0.1) is 0 Å². The van der Waals surface area contributed by atoms with E-state index in [9.17, 15) is 14.7 Å². The first-order chi connectivity index (χ1) is 13.1. The summed E-state index contributed by atoms with van der Waals surface area (Å²) in [5.41, 5.74) is 2.64. The molecule has 2 aliphatic rings. The van der Waals surface area contributed by atoms with Gasteiger partial charge >= 0.3 is 5.97 Å². The molecule has 1 amide bonds. The molecule has 1 atom stereocenters. The first-order valence-corrected chi connectivity index (χ1v) is 9.45. The van der Waals surface area contributed by atoms with Gasteiger partial charge in [-0.25, -0.2) is 9.78 Å². The molecule has 0 unspecified atom stereocenters. The lowest BCUT2D eigenvalue weighted by Crippen LogP contribution is -2.48. The van der Waals surface area contributed by atoms with Crippen molar-refractivity contribution < 1.29 is 14.7 Å². The van der Waals surface area contributed by atoms with Gasteiger partial charge in [-0.1, -0.05) is 30.3 Å². The number of H-pyrrole nitrogens is 1. The van der Waals surface area contributed by atoms with Crippen LogP contribution in [0.5, 0.6) is 0 Å². The Hall–Kier alpha value is -2.67. The Morgan fingerprint density at radius 1 is 1.15 bits per heavy atom. The number of hydrogen-bond donors (Lipinski definition) is 2. The van der Waals surface area contributed by atoms with Gasteiger partial charge < -0.3 is 15.0 Å². The fraction of sp³-hybridized carbons (Fsp3) is 0.450. The van der Waals surface area contributed by atoms with Crippen LogP contribution in [0, 0.1) is 0 Å². The fourth-order valence-corrected chi connectivity index (χ4v) is 4.23. The molecular formula is C20H24N4O3. The van der Waals surface area contributed by atoms with E-state index in [1.54, 1.807) is 0 Å². The third-order valence-electron chi connectivity index (χ3n) is 5.70. The SMILES string of the molecule is O=C(O)[C@@H]1c2nc[nH]c2CCN1C(=O)CN1CCC(c2ccccc2)CC1. The number of likely N-dealkylation sites (tertiary alicyclic amines) is 1. The maximum absolute atomic E-state index is 12.8. The Labute approximate surface area is 158 Å². The third kappa shape index (κ3) is 3.60. The Morgan fingerprint density at radius 2 is 1.89 bits per heavy atom. The fourth-order valence-electron chi connectivity index (χ4n) is 4.23. The average Bonchev–Trinajstić information content (AvgIpc) is 3.17. The summed E-state index contributed by atoms with van der Waals surface area (Å²) >= 11 is 0. The summed E-state index contributed by atoms with van der Waals surface area (Å²) in [5.74, 6) is -0.626. The number of aromatic nitrogens is 2. The minimum atomic E-state index is -1.03. The molecule has 27 heavy (non-hydrogen) atoms. The third-order valence-corrected chi connectivity index (χ3v) is 5.70. The predicted molar refractivity (Wildman–Crippen MR) is 99.2 cm³/mol. The number of carboxylic acids is 1. The van der Waals surface area contributed by atoms with Crippen LogP contribution >= 0.6 is 0 Å². The predicted octanol–water partition coefficient (Wildman–Crippen LogP) is 1.80. The standard InChI is InChI=1S/C20H24N4O3/c25-17(24-11-8-16-18(22-13-21-16)19(24)20(26)27)12-23-9-6-15(7-10-23)14-4-2-1-3-5-14/h1-5,13,15,19H,6-12H2,(H,21,22)(H,26,27)/t19-/m0/s1. The van der Waals surface area contributed by atoms with E-state index in [2.05, 4.69) is 39.1 Å². The highest BCUT2D eigenvalue weighted by Gasteiger charge is 2.38. The molecular weight excluding hydrogens is 344 g/mol. The van der Waals surface area contributed by atoms with Crippen LogP contribution in [0.3, 0.4) is 0 Å². The molecule has 1 aromatic heterocycles. The summed E-state index contributed by atoms with van der Waals surface area (Å²) < 4.78 is 0. The van der Waals surface area contributed by atoms with E-state index in [0.29, 0.717) is 24.6 Å². The van der Waals surface area contributed by atoms with Crippen molar-refractivity contribution in [2.75, 3.05) is 26.2 Å². The average molecular weight is 368 g/mol. The minimum absolute atomic E-state index is 0.130. The van der Waals surface area contributed by atoms with Crippen molar-refractivity contribution in [1.82, 2.24) is 19.8 Å². The van der Waals surface area contributed by atoms with E-state index >= 15 is 0 Å². The van der Waals surface area contributed by atoms with E-state index in [-0.39, 0.29) is 12.5 Å². The number of carbonyl (C=O) groups is 2. The summed E-state index contributed by atoms with van der Waals surface area (Å²) in [4.78, 5) is 35.3. The summed E-state index contributed by atoms with van der Waals surface area (Å²) in [6.07, 6.45) is 4.15. The molecule has 0 bridgehead atoms. The van der Waals surface area contributed by atoms with Gasteiger partial charge in [0.25, 0.3) is 0 Å². The quantitative estimate of drug-likeness (QED) is 0.859. The van der Waals surface area contributed by atoms with Crippen molar-refractivity contribution in [3.05, 3.63) is 53.6 Å². The number of imidazole rings is 1. The largest absolute Gasteiger partial charge is 0.479 e. The van der Waals surface area contributed by atoms with Gasteiger partial charge in [0.05, 0.1) is 18.6 Å². The summed E-state index contributed by atoms with van der Waals surface area (Å²) in [6.45, 7) is 2.38. The summed E-state index contributed by atoms with van der Waals surface area (Å²) in [7, 11) is 0. The highest BCUT2D eigenvalue weighted by Crippen LogP contribution is 2.30. The van der Waals surface area contributed by atoms with E-state index in [1.165, 1.54) is 16.8 Å². The van der Waals surface area contributed by atoms with Crippen molar-refractivity contribution in [2.45, 2.75) is 31.2 Å². The number of aromatic amines is 1. The van der Waals surface area contributed by atoms with Crippen LogP contribution in [-0.4, -0.2) is 62.9 Å². The van der Waals surface area contributed by atoms with Gasteiger partial charge in [-0.3, -0.25) is 9.69 Å². The molecule has 2 N–H and O–H groups in total. The van der Waals surface area contributed by atoms with E-state index in [0.717, 1.165) is 31.6 Å². The first kappa shape index (κ1) is 17.7. The number of carbonyl (C=O) groups excluding carboxylic acids is 1. The minimum Gasteiger partial charge on any atom is -0.479 e. The Morgan fingerprint density at radius 3 is 2.59 bits per heavy atom. The van der Waals surface area contributed by atoms with Gasteiger partial charge in [0.2, 0.25) is 5.91 Å². The van der Waals surface area contributed by atoms with Crippen LogP contribution in [0.2, 0.25) is 0 Å². The smallest absolute Gasteiger partial charge is 0.332 e. The summed E-state index contributed by atoms with van der Waals surface area (Å²) in [5, 5.41) is 9.63. The summed E-state index contributed by atoms with van der Waals surface area (Å²) in [6, 6.07) is 9.50. The number of carboxylic acid groups (broad SMARTS) is 1. The molecule has 2 aromatic rings. The molecule has 3 heterocycles. The van der Waals surface area contributed by atoms with Crippen LogP contribution in [0.25, 0.3) is 0 Å². The molecule has 1 saturated heterocycles. The molecule has 7 heteroatoms. The molecule has 2 aliphatic heterocycles. The van der Waals surface area contributed by atoms with Crippen molar-refractivity contribution >= 4 is 11.9 Å². The Kier molecular flexibility index (Phi) is 4.94. The highest BCUT2D eigenvalue weighted by molar-refractivity contribution is 5.86. The molecule has 1 aromatic carbocycles. The van der Waals surface area contributed by atoms with Crippen molar-refractivity contribution in [1.29, 1.82) is 0 Å². The number of amides is 1. The lowest BCUT2D eigenvalue weighted by molar-refractivity contribution is -0.152. The molecule has 4 rings (SSSR count). The van der Waals surface area contributed by atoms with E-state index in [4.69, 9.17) is 0 Å². The zero-order chi connectivity index (χ0) is 18.8. The van der Waals surface area contributed by atoms with E-state index in [1.807, 2.05) is 6.07 Å². The maximum atomic E-state index is 12.8. The van der Waals surface area contributed by atoms with Gasteiger partial charge in [0.1, 0.15) is 0 Å². The van der Waals surface area contributed by atoms with Crippen molar-refractivity contribution in [3.8, 4) is 0 Å². The monoisotopic (exact) mass is 368 g/mol. The molecule has 0 saturated carbocycles. The number of nitrogens with zero attached hydrogens (tertiary/aromatic N) is 3. The number of aliphatic carboxylic acids is 1. The Balaban J connectivity index is 1.38. The number of piperidine rings is 1. The second kappa shape index (κ2) is 7.52. The number of hydrogen-bond acceptors (Lipinski definition) is 4. The molecule has 0 aliphatic carbocycles. The van der Waals surface area contributed by atoms with Crippen LogP contribution < -0.4 is 0 Å². The number of benzene rings is 1. The van der Waals surface area contributed by atoms with Crippen LogP contribution in [0.15, 0.2) is 36.7 Å². The topological polar surface area (TPSA) is 89.5 Å². The number of rotatable bonds is 4. The van der Waals surface area contributed by atoms with Crippen molar-refractivity contribution in [3.63, 3.8) is 0 Å². The lowest BCUT2D eigenvalue weighted by atomic mass is 9.89. The van der Waals surface area contributed by atoms with Crippen molar-refractivity contribution in [2.24, 2.45) is 0 Å². The normalized spacial score (nSPS) is 21.0. The Bertz CT molecular complexity index is 812. The van der Waals surface area contributed by atoms with Crippen LogP contribution in [-0.2, 0) is 16.0 Å². The second-order valence-electron chi connectivity index (χ2n) is 7.31. The lowest BCUT2D eigenvalue weighted by Gasteiger charge is -2.36. The zero-order valence-electron chi connectivity index (χ0n) is 15.2. The highest BCUT2D eigenvalue weighted by atomic mass is 16.4. The van der Waals surface area contributed by atoms with Crippen LogP contribution in [0.1, 0.15) is 41.8 Å². The molecule has 0 radical (unpaired) electrons. The zero-order valence-corrected chi connectivity index (χ0v) is 15.2. The molecule has 142 valence electrons. The van der Waals surface area contributed by atoms with Gasteiger partial charge in [0, 0.05) is 18.7 Å². The molecule has 0 spiro atoms. The first-order valence-electron chi connectivity index (χ1n) is 9.45. The molecule has 1 fully saturated rings.